The molecule has 0 spiro atoms. The van der Waals surface area contributed by atoms with Crippen LogP contribution in [0.15, 0.2) is 76.8 Å². The third-order valence-electron chi connectivity index (χ3n) is 7.21. The number of nitrogens with zero attached hydrogens (tertiary/aromatic N) is 2. The van der Waals surface area contributed by atoms with E-state index in [1.54, 1.807) is 0 Å². The Bertz CT molecular complexity index is 1310. The molecule has 4 nitrogen and oxygen atoms in total. The van der Waals surface area contributed by atoms with Crippen molar-refractivity contribution in [3.05, 3.63) is 106 Å². The minimum atomic E-state index is 0.0469. The standard InChI is InChI=1S/C14H22N2OS.C12H16O.C10H10.2C2H6/c1-14(2,3)7-11-8-15-13(17-11)6-5-12-9-16(4)10-18-12;1-4-12(13)10(3)11-7-5-9(2)6-8-11;1-8-6-7-9-4-2-3-5-10(8)9;2*1-2/h8-9H,5-7,10H2,1-4H3;5-8,10H,4H2,1-3H3;2-5H,1,6-7H2;2*1-2H3. The van der Waals surface area contributed by atoms with Crippen molar-refractivity contribution in [2.24, 2.45) is 5.41 Å². The minimum Gasteiger partial charge on any atom is -0.446 e. The minimum absolute atomic E-state index is 0.0469. The Balaban J connectivity index is 0.000000331. The fourth-order valence-corrected chi connectivity index (χ4v) is 5.74. The Morgan fingerprint density at radius 1 is 1.02 bits per heavy atom. The number of hydrogen-bond donors (Lipinski definition) is 0. The van der Waals surface area contributed by atoms with Crippen LogP contribution in [-0.4, -0.2) is 28.6 Å². The van der Waals surface area contributed by atoms with E-state index >= 15 is 0 Å². The van der Waals surface area contributed by atoms with Gasteiger partial charge in [-0.05, 0) is 53.9 Å². The summed E-state index contributed by atoms with van der Waals surface area (Å²) < 4.78 is 5.79. The summed E-state index contributed by atoms with van der Waals surface area (Å²) in [4.78, 5) is 19.4. The molecule has 0 saturated carbocycles. The Labute approximate surface area is 279 Å². The Morgan fingerprint density at radius 3 is 2.22 bits per heavy atom. The predicted octanol–water partition coefficient (Wildman–Crippen LogP) is 11.4. The molecule has 0 bridgehead atoms. The highest BCUT2D eigenvalue weighted by atomic mass is 32.2. The fourth-order valence-electron chi connectivity index (χ4n) is 4.79. The molecule has 1 unspecified atom stereocenters. The van der Waals surface area contributed by atoms with Crippen molar-refractivity contribution in [3.8, 4) is 0 Å². The van der Waals surface area contributed by atoms with Crippen LogP contribution in [-0.2, 0) is 24.1 Å². The van der Waals surface area contributed by atoms with Gasteiger partial charge in [0, 0.05) is 43.3 Å². The number of oxazole rings is 1. The monoisotopic (exact) mass is 632 g/mol. The fraction of sp³-hybridized carbons (Fsp3) is 0.500. The molecule has 0 amide bonds. The SMILES string of the molecule is C=C1CCc2ccccc21.CC.CC.CCC(=O)C(C)c1ccc(C)cc1.CN1C=C(CCc2ncc(CC(C)(C)C)o2)SC1. The zero-order valence-electron chi connectivity index (χ0n) is 30.1. The zero-order chi connectivity index (χ0) is 34.0. The number of carbonyl (C=O) groups is 1. The number of benzene rings is 2. The number of rotatable bonds is 7. The Kier molecular flexibility index (Phi) is 18.5. The number of aryl methyl sites for hydroxylation is 3. The van der Waals surface area contributed by atoms with Gasteiger partial charge in [-0.1, -0.05) is 123 Å². The lowest BCUT2D eigenvalue weighted by Crippen LogP contribution is -2.08. The van der Waals surface area contributed by atoms with Crippen LogP contribution in [0, 0.1) is 12.3 Å². The van der Waals surface area contributed by atoms with Gasteiger partial charge in [-0.2, -0.15) is 0 Å². The second kappa shape index (κ2) is 20.9. The average molecular weight is 633 g/mol. The molecule has 2 aromatic carbocycles. The van der Waals surface area contributed by atoms with E-state index in [9.17, 15) is 4.79 Å². The van der Waals surface area contributed by atoms with Crippen molar-refractivity contribution >= 4 is 23.1 Å². The smallest absolute Gasteiger partial charge is 0.194 e. The zero-order valence-corrected chi connectivity index (χ0v) is 30.9. The number of Topliss-reactive ketones (excluding diaryl/α,β-unsaturated/α-hetero) is 1. The number of aromatic nitrogens is 1. The summed E-state index contributed by atoms with van der Waals surface area (Å²) >= 11 is 1.90. The lowest BCUT2D eigenvalue weighted by molar-refractivity contribution is -0.119. The molecule has 0 fully saturated rings. The number of fused-ring (bicyclic) bond motifs is 1. The van der Waals surface area contributed by atoms with Gasteiger partial charge >= 0.3 is 0 Å². The van der Waals surface area contributed by atoms with E-state index in [1.165, 1.54) is 33.6 Å². The molecule has 1 aliphatic heterocycles. The summed E-state index contributed by atoms with van der Waals surface area (Å²) in [5, 5.41) is 0. The quantitative estimate of drug-likeness (QED) is 0.259. The maximum Gasteiger partial charge on any atom is 0.194 e. The van der Waals surface area contributed by atoms with Crippen molar-refractivity contribution in [3.63, 3.8) is 0 Å². The predicted molar refractivity (Wildman–Crippen MR) is 198 cm³/mol. The summed E-state index contributed by atoms with van der Waals surface area (Å²) in [5.74, 6) is 3.29. The van der Waals surface area contributed by atoms with Crippen LogP contribution in [0.5, 0.6) is 0 Å². The number of carbonyl (C=O) groups excluding carboxylic acids is 1. The summed E-state index contributed by atoms with van der Waals surface area (Å²) in [6.45, 7) is 24.6. The van der Waals surface area contributed by atoms with E-state index in [0.29, 0.717) is 12.2 Å². The van der Waals surface area contributed by atoms with E-state index in [0.717, 1.165) is 48.8 Å². The summed E-state index contributed by atoms with van der Waals surface area (Å²) in [6, 6.07) is 16.7. The first-order valence-corrected chi connectivity index (χ1v) is 17.8. The van der Waals surface area contributed by atoms with Crippen LogP contribution in [0.4, 0.5) is 0 Å². The first-order valence-electron chi connectivity index (χ1n) is 16.8. The first kappa shape index (κ1) is 40.0. The van der Waals surface area contributed by atoms with Gasteiger partial charge in [0.25, 0.3) is 0 Å². The normalized spacial score (nSPS) is 13.8. The molecule has 0 radical (unpaired) electrons. The molecular weight excluding hydrogens is 573 g/mol. The van der Waals surface area contributed by atoms with Crippen LogP contribution < -0.4 is 0 Å². The van der Waals surface area contributed by atoms with E-state index in [1.807, 2.05) is 71.6 Å². The second-order valence-electron chi connectivity index (χ2n) is 12.3. The highest BCUT2D eigenvalue weighted by molar-refractivity contribution is 8.03. The highest BCUT2D eigenvalue weighted by Crippen LogP contribution is 2.30. The maximum absolute atomic E-state index is 11.4. The van der Waals surface area contributed by atoms with Crippen LogP contribution in [0.25, 0.3) is 5.57 Å². The average Bonchev–Trinajstić information content (AvgIpc) is 3.77. The maximum atomic E-state index is 11.4. The largest absolute Gasteiger partial charge is 0.446 e. The van der Waals surface area contributed by atoms with Crippen LogP contribution in [0.1, 0.15) is 121 Å². The topological polar surface area (TPSA) is 46.3 Å². The van der Waals surface area contributed by atoms with Gasteiger partial charge in [0.1, 0.15) is 11.5 Å². The molecule has 1 aromatic heterocycles. The first-order chi connectivity index (χ1) is 21.4. The van der Waals surface area contributed by atoms with Gasteiger partial charge in [0.05, 0.1) is 12.1 Å². The third kappa shape index (κ3) is 14.7. The van der Waals surface area contributed by atoms with Crippen LogP contribution in [0.3, 0.4) is 0 Å². The molecule has 1 aliphatic carbocycles. The molecule has 1 atom stereocenters. The molecule has 0 N–H and O–H groups in total. The molecule has 2 aliphatic rings. The number of hydrogen-bond acceptors (Lipinski definition) is 5. The molecule has 0 saturated heterocycles. The van der Waals surface area contributed by atoms with Gasteiger partial charge in [-0.15, -0.1) is 11.8 Å². The van der Waals surface area contributed by atoms with Crippen LogP contribution in [0.2, 0.25) is 0 Å². The second-order valence-corrected chi connectivity index (χ2v) is 13.4. The molecular formula is C40H60N2O2S. The van der Waals surface area contributed by atoms with E-state index < -0.39 is 0 Å². The van der Waals surface area contributed by atoms with Crippen molar-refractivity contribution in [2.45, 2.75) is 114 Å². The van der Waals surface area contributed by atoms with Gasteiger partial charge in [0.2, 0.25) is 0 Å². The van der Waals surface area contributed by atoms with Gasteiger partial charge in [0.15, 0.2) is 5.89 Å². The molecule has 248 valence electrons. The van der Waals surface area contributed by atoms with Gasteiger partial charge in [-0.3, -0.25) is 4.79 Å². The van der Waals surface area contributed by atoms with E-state index in [4.69, 9.17) is 4.42 Å². The summed E-state index contributed by atoms with van der Waals surface area (Å²) in [6.07, 6.45) is 9.93. The van der Waals surface area contributed by atoms with E-state index in [2.05, 4.69) is 93.8 Å². The van der Waals surface area contributed by atoms with Crippen molar-refractivity contribution in [1.29, 1.82) is 0 Å². The Hall–Kier alpha value is -3.05. The number of thioether (sulfide) groups is 1. The summed E-state index contributed by atoms with van der Waals surface area (Å²) in [5.41, 5.74) is 6.76. The molecule has 5 heteroatoms. The summed E-state index contributed by atoms with van der Waals surface area (Å²) in [7, 11) is 2.10. The van der Waals surface area contributed by atoms with Crippen molar-refractivity contribution in [2.75, 3.05) is 12.9 Å². The molecule has 3 aromatic rings. The Morgan fingerprint density at radius 2 is 1.67 bits per heavy atom. The molecule has 45 heavy (non-hydrogen) atoms. The lowest BCUT2D eigenvalue weighted by Gasteiger charge is -2.15. The lowest BCUT2D eigenvalue weighted by atomic mass is 9.91. The van der Waals surface area contributed by atoms with Crippen LogP contribution >= 0.6 is 11.8 Å². The van der Waals surface area contributed by atoms with Gasteiger partial charge in [-0.25, -0.2) is 4.98 Å². The number of allylic oxidation sites excluding steroid dienone is 2. The van der Waals surface area contributed by atoms with E-state index in [-0.39, 0.29) is 11.3 Å². The molecule has 2 heterocycles. The third-order valence-corrected chi connectivity index (χ3v) is 8.43. The van der Waals surface area contributed by atoms with Gasteiger partial charge < -0.3 is 9.32 Å². The van der Waals surface area contributed by atoms with Crippen molar-refractivity contribution in [1.82, 2.24) is 9.88 Å². The molecule has 5 rings (SSSR count). The highest BCUT2D eigenvalue weighted by Gasteiger charge is 2.16. The number of ketones is 1. The van der Waals surface area contributed by atoms with Crippen molar-refractivity contribution < 1.29 is 9.21 Å².